The van der Waals surface area contributed by atoms with Crippen LogP contribution in [0.3, 0.4) is 0 Å². The van der Waals surface area contributed by atoms with E-state index in [1.807, 2.05) is 18.2 Å². The van der Waals surface area contributed by atoms with E-state index in [1.54, 1.807) is 0 Å². The summed E-state index contributed by atoms with van der Waals surface area (Å²) in [6.45, 7) is 6.17. The molecule has 0 saturated carbocycles. The van der Waals surface area contributed by atoms with Crippen molar-refractivity contribution in [3.05, 3.63) is 32.7 Å². The van der Waals surface area contributed by atoms with Crippen LogP contribution in [0.1, 0.15) is 38.9 Å². The minimum absolute atomic E-state index is 0.0196. The molecule has 0 aromatic heterocycles. The van der Waals surface area contributed by atoms with E-state index < -0.39 is 6.10 Å². The first-order valence-electron chi connectivity index (χ1n) is 5.42. The molecule has 0 radical (unpaired) electrons. The molecule has 0 fully saturated rings. The molecule has 1 atom stereocenters. The number of aliphatic hydroxyl groups is 1. The highest BCUT2D eigenvalue weighted by atomic mass is 79.9. The van der Waals surface area contributed by atoms with Crippen LogP contribution >= 0.6 is 31.9 Å². The minimum atomic E-state index is -0.559. The van der Waals surface area contributed by atoms with E-state index in [9.17, 15) is 5.11 Å². The zero-order valence-electron chi connectivity index (χ0n) is 10.2. The van der Waals surface area contributed by atoms with Gasteiger partial charge in [0.05, 0.1) is 6.10 Å². The maximum atomic E-state index is 10.1. The van der Waals surface area contributed by atoms with Crippen molar-refractivity contribution in [1.82, 2.24) is 0 Å². The van der Waals surface area contributed by atoms with Crippen LogP contribution in [0, 0.1) is 17.3 Å². The zero-order chi connectivity index (χ0) is 13.1. The van der Waals surface area contributed by atoms with Gasteiger partial charge in [0.15, 0.2) is 0 Å². The molecule has 0 amide bonds. The second-order valence-corrected chi connectivity index (χ2v) is 6.71. The second kappa shape index (κ2) is 6.04. The van der Waals surface area contributed by atoms with E-state index in [-0.39, 0.29) is 5.41 Å². The van der Waals surface area contributed by atoms with Crippen LogP contribution in [-0.2, 0) is 0 Å². The molecule has 1 rings (SSSR count). The predicted molar refractivity (Wildman–Crippen MR) is 78.6 cm³/mol. The van der Waals surface area contributed by atoms with Gasteiger partial charge in [-0.15, -0.1) is 0 Å². The lowest BCUT2D eigenvalue weighted by Gasteiger charge is -2.11. The van der Waals surface area contributed by atoms with Crippen molar-refractivity contribution in [2.75, 3.05) is 0 Å². The molecule has 92 valence electrons. The van der Waals surface area contributed by atoms with Gasteiger partial charge in [0, 0.05) is 20.8 Å². The monoisotopic (exact) mass is 358 g/mol. The maximum absolute atomic E-state index is 10.1. The lowest BCUT2D eigenvalue weighted by molar-refractivity contribution is 0.183. The van der Waals surface area contributed by atoms with Crippen LogP contribution in [-0.4, -0.2) is 5.11 Å². The Morgan fingerprint density at radius 2 is 1.94 bits per heavy atom. The lowest BCUT2D eigenvalue weighted by Crippen LogP contribution is -2.01. The Kier molecular flexibility index (Phi) is 5.24. The van der Waals surface area contributed by atoms with E-state index in [0.29, 0.717) is 6.42 Å². The molecule has 17 heavy (non-hydrogen) atoms. The van der Waals surface area contributed by atoms with Crippen molar-refractivity contribution < 1.29 is 5.11 Å². The Morgan fingerprint density at radius 3 is 2.53 bits per heavy atom. The molecule has 0 bridgehead atoms. The number of benzene rings is 1. The number of hydrogen-bond acceptors (Lipinski definition) is 1. The standard InChI is InChI=1S/C14H16Br2O/c1-14(2,3)8-4-5-13(17)11-9-10(15)6-7-12(11)16/h6-7,9,13,17H,5H2,1-3H3. The summed E-state index contributed by atoms with van der Waals surface area (Å²) in [6, 6.07) is 5.76. The van der Waals surface area contributed by atoms with Crippen LogP contribution in [0.5, 0.6) is 0 Å². The van der Waals surface area contributed by atoms with Crippen molar-refractivity contribution >= 4 is 31.9 Å². The molecule has 1 aromatic carbocycles. The minimum Gasteiger partial charge on any atom is -0.387 e. The van der Waals surface area contributed by atoms with E-state index >= 15 is 0 Å². The number of rotatable bonds is 2. The normalized spacial score (nSPS) is 12.8. The Morgan fingerprint density at radius 1 is 1.29 bits per heavy atom. The fourth-order valence-corrected chi connectivity index (χ4v) is 2.18. The summed E-state index contributed by atoms with van der Waals surface area (Å²) in [6.07, 6.45) is -0.108. The topological polar surface area (TPSA) is 20.2 Å². The maximum Gasteiger partial charge on any atom is 0.0910 e. The summed E-state index contributed by atoms with van der Waals surface area (Å²) in [4.78, 5) is 0. The first kappa shape index (κ1) is 14.8. The average Bonchev–Trinajstić information content (AvgIpc) is 2.19. The molecule has 0 heterocycles. The summed E-state index contributed by atoms with van der Waals surface area (Å²) in [5.74, 6) is 6.15. The average molecular weight is 360 g/mol. The van der Waals surface area contributed by atoms with Crippen LogP contribution in [0.4, 0.5) is 0 Å². The lowest BCUT2D eigenvalue weighted by atomic mass is 9.97. The van der Waals surface area contributed by atoms with Gasteiger partial charge in [-0.25, -0.2) is 0 Å². The van der Waals surface area contributed by atoms with Gasteiger partial charge in [0.1, 0.15) is 0 Å². The van der Waals surface area contributed by atoms with Crippen LogP contribution in [0.15, 0.2) is 27.1 Å². The van der Waals surface area contributed by atoms with Crippen molar-refractivity contribution in [2.45, 2.75) is 33.3 Å². The summed E-state index contributed by atoms with van der Waals surface area (Å²) in [5, 5.41) is 10.1. The molecule has 1 aromatic rings. The van der Waals surface area contributed by atoms with Gasteiger partial charge in [-0.3, -0.25) is 0 Å². The Bertz CT molecular complexity index is 450. The van der Waals surface area contributed by atoms with Crippen molar-refractivity contribution in [3.63, 3.8) is 0 Å². The number of hydrogen-bond donors (Lipinski definition) is 1. The van der Waals surface area contributed by atoms with Crippen molar-refractivity contribution in [1.29, 1.82) is 0 Å². The number of aliphatic hydroxyl groups excluding tert-OH is 1. The molecular formula is C14H16Br2O. The Balaban J connectivity index is 2.79. The summed E-state index contributed by atoms with van der Waals surface area (Å²) in [7, 11) is 0. The van der Waals surface area contributed by atoms with E-state index in [0.717, 1.165) is 14.5 Å². The quantitative estimate of drug-likeness (QED) is 0.760. The largest absolute Gasteiger partial charge is 0.387 e. The van der Waals surface area contributed by atoms with E-state index in [2.05, 4.69) is 64.5 Å². The van der Waals surface area contributed by atoms with Crippen LogP contribution in [0.2, 0.25) is 0 Å². The molecule has 0 spiro atoms. The fourth-order valence-electron chi connectivity index (χ4n) is 1.29. The van der Waals surface area contributed by atoms with Gasteiger partial charge in [0.2, 0.25) is 0 Å². The molecule has 0 aliphatic carbocycles. The third-order valence-electron chi connectivity index (χ3n) is 2.08. The highest BCUT2D eigenvalue weighted by Gasteiger charge is 2.11. The third kappa shape index (κ3) is 5.25. The molecule has 0 aliphatic heterocycles. The van der Waals surface area contributed by atoms with Gasteiger partial charge in [-0.05, 0) is 44.5 Å². The Labute approximate surface area is 120 Å². The van der Waals surface area contributed by atoms with Gasteiger partial charge >= 0.3 is 0 Å². The molecule has 3 heteroatoms. The predicted octanol–water partition coefficient (Wildman–Crippen LogP) is 4.68. The van der Waals surface area contributed by atoms with Gasteiger partial charge in [-0.1, -0.05) is 43.7 Å². The second-order valence-electron chi connectivity index (χ2n) is 4.94. The summed E-state index contributed by atoms with van der Waals surface area (Å²) >= 11 is 6.83. The first-order chi connectivity index (χ1) is 7.79. The highest BCUT2D eigenvalue weighted by Crippen LogP contribution is 2.28. The number of halogens is 2. The van der Waals surface area contributed by atoms with Gasteiger partial charge in [-0.2, -0.15) is 0 Å². The molecule has 0 saturated heterocycles. The van der Waals surface area contributed by atoms with Crippen LogP contribution < -0.4 is 0 Å². The van der Waals surface area contributed by atoms with Crippen LogP contribution in [0.25, 0.3) is 0 Å². The smallest absolute Gasteiger partial charge is 0.0910 e. The molecule has 0 aliphatic rings. The molecule has 1 N–H and O–H groups in total. The van der Waals surface area contributed by atoms with E-state index in [1.165, 1.54) is 0 Å². The molecule has 1 unspecified atom stereocenters. The fraction of sp³-hybridized carbons (Fsp3) is 0.429. The SMILES string of the molecule is CC(C)(C)C#CCC(O)c1cc(Br)ccc1Br. The Hall–Kier alpha value is -0.300. The zero-order valence-corrected chi connectivity index (χ0v) is 13.4. The van der Waals surface area contributed by atoms with Gasteiger partial charge < -0.3 is 5.11 Å². The summed E-state index contributed by atoms with van der Waals surface area (Å²) in [5.41, 5.74) is 0.844. The summed E-state index contributed by atoms with van der Waals surface area (Å²) < 4.78 is 1.87. The van der Waals surface area contributed by atoms with Gasteiger partial charge in [0.25, 0.3) is 0 Å². The highest BCUT2D eigenvalue weighted by molar-refractivity contribution is 9.11. The van der Waals surface area contributed by atoms with Crippen molar-refractivity contribution in [3.8, 4) is 11.8 Å². The first-order valence-corrected chi connectivity index (χ1v) is 7.01. The van der Waals surface area contributed by atoms with Crippen molar-refractivity contribution in [2.24, 2.45) is 5.41 Å². The molecule has 1 nitrogen and oxygen atoms in total. The molecular weight excluding hydrogens is 344 g/mol. The van der Waals surface area contributed by atoms with E-state index in [4.69, 9.17) is 0 Å². The third-order valence-corrected chi connectivity index (χ3v) is 3.29.